The Morgan fingerprint density at radius 1 is 1.50 bits per heavy atom. The van der Waals surface area contributed by atoms with Crippen LogP contribution >= 0.6 is 0 Å². The molecule has 0 heteroatoms. The average molecular weight is 80.1 g/mol. The van der Waals surface area contributed by atoms with Crippen LogP contribution in [0.2, 0.25) is 0 Å². The maximum Gasteiger partial charge on any atom is -0.00297 e. The Bertz CT molecular complexity index is 66.5. The highest BCUT2D eigenvalue weighted by molar-refractivity contribution is 4.73. The van der Waals surface area contributed by atoms with Crippen molar-refractivity contribution in [2.24, 2.45) is 0 Å². The van der Waals surface area contributed by atoms with Crippen molar-refractivity contribution in [3.8, 4) is 12.3 Å². The third-order valence-electron chi connectivity index (χ3n) is 0. The minimum absolute atomic E-state index is 1.65. The summed E-state index contributed by atoms with van der Waals surface area (Å²) in [7, 11) is 0. The van der Waals surface area contributed by atoms with E-state index in [0.29, 0.717) is 0 Å². The molecule has 0 atom stereocenters. The molecule has 0 N–H and O–H groups in total. The molecular formula is C6H8. The van der Waals surface area contributed by atoms with E-state index in [-0.39, 0.29) is 0 Å². The van der Waals surface area contributed by atoms with E-state index in [1.165, 1.54) is 0 Å². The lowest BCUT2D eigenvalue weighted by Crippen LogP contribution is -1.10. The van der Waals surface area contributed by atoms with Crippen molar-refractivity contribution < 1.29 is 0 Å². The fraction of sp³-hybridized carbons (Fsp3) is 0.167. The standard InChI is InChI=1S/2C3H4/c2*1-3-2/h1-2H2;1H,2H3. The molecule has 6 heavy (non-hydrogen) atoms. The van der Waals surface area contributed by atoms with Crippen molar-refractivity contribution in [1.29, 1.82) is 0 Å². The largest absolute Gasteiger partial charge is 0.137 e. The third-order valence-corrected chi connectivity index (χ3v) is 0. The summed E-state index contributed by atoms with van der Waals surface area (Å²) < 4.78 is 0. The molecule has 0 aromatic carbocycles. The summed E-state index contributed by atoms with van der Waals surface area (Å²) in [6.07, 6.45) is 4.60. The molecule has 0 spiro atoms. The normalized spacial score (nSPS) is 2.67. The first-order valence-electron chi connectivity index (χ1n) is 1.50. The lowest BCUT2D eigenvalue weighted by atomic mass is 10.9. The first-order chi connectivity index (χ1) is 2.83. The fourth-order valence-electron chi connectivity index (χ4n) is 0. The van der Waals surface area contributed by atoms with Gasteiger partial charge in [-0.25, -0.2) is 0 Å². The minimum Gasteiger partial charge on any atom is -0.137 e. The van der Waals surface area contributed by atoms with Gasteiger partial charge in [-0.05, 0) is 6.92 Å². The number of hydrogen-bond donors (Lipinski definition) is 0. The van der Waals surface area contributed by atoms with Gasteiger partial charge in [0.15, 0.2) is 0 Å². The van der Waals surface area contributed by atoms with Gasteiger partial charge in [0.1, 0.15) is 0 Å². The van der Waals surface area contributed by atoms with Gasteiger partial charge in [0.25, 0.3) is 0 Å². The summed E-state index contributed by atoms with van der Waals surface area (Å²) in [6, 6.07) is 0. The second-order valence-corrected chi connectivity index (χ2v) is 0.539. The molecule has 0 aliphatic carbocycles. The van der Waals surface area contributed by atoms with Crippen LogP contribution in [0.1, 0.15) is 6.92 Å². The predicted molar refractivity (Wildman–Crippen MR) is 29.3 cm³/mol. The Morgan fingerprint density at radius 2 is 1.50 bits per heavy atom. The van der Waals surface area contributed by atoms with Gasteiger partial charge in [0.05, 0.1) is 0 Å². The molecule has 0 aliphatic rings. The van der Waals surface area contributed by atoms with Gasteiger partial charge in [-0.1, -0.05) is 13.2 Å². The zero-order valence-electron chi connectivity index (χ0n) is 3.99. The van der Waals surface area contributed by atoms with Crippen LogP contribution in [0, 0.1) is 12.3 Å². The summed E-state index contributed by atoms with van der Waals surface area (Å²) in [5.74, 6) is 2.25. The maximum absolute atomic E-state index is 4.60. The second-order valence-electron chi connectivity index (χ2n) is 0.539. The molecule has 0 amide bonds. The van der Waals surface area contributed by atoms with E-state index in [2.05, 4.69) is 31.2 Å². The smallest absolute Gasteiger partial charge is 0.00297 e. The van der Waals surface area contributed by atoms with E-state index in [1.54, 1.807) is 6.92 Å². The van der Waals surface area contributed by atoms with Gasteiger partial charge < -0.3 is 0 Å². The van der Waals surface area contributed by atoms with E-state index in [9.17, 15) is 0 Å². The fourth-order valence-corrected chi connectivity index (χ4v) is 0. The molecule has 0 nitrogen and oxygen atoms in total. The van der Waals surface area contributed by atoms with Crippen LogP contribution in [0.5, 0.6) is 0 Å². The van der Waals surface area contributed by atoms with E-state index >= 15 is 0 Å². The summed E-state index contributed by atoms with van der Waals surface area (Å²) >= 11 is 0. The number of rotatable bonds is 0. The molecule has 0 aromatic rings. The van der Waals surface area contributed by atoms with Crippen molar-refractivity contribution in [1.82, 2.24) is 0 Å². The molecule has 0 bridgehead atoms. The molecule has 0 fully saturated rings. The van der Waals surface area contributed by atoms with Gasteiger partial charge in [0, 0.05) is 0 Å². The van der Waals surface area contributed by atoms with Crippen molar-refractivity contribution in [3.05, 3.63) is 18.9 Å². The van der Waals surface area contributed by atoms with Crippen molar-refractivity contribution in [2.75, 3.05) is 0 Å². The minimum atomic E-state index is 1.65. The van der Waals surface area contributed by atoms with Gasteiger partial charge in [-0.15, -0.1) is 18.1 Å². The molecule has 0 radical (unpaired) electrons. The van der Waals surface area contributed by atoms with Gasteiger partial charge >= 0.3 is 0 Å². The number of terminal acetylenes is 1. The van der Waals surface area contributed by atoms with Crippen LogP contribution in [-0.2, 0) is 0 Å². The third kappa shape index (κ3) is 15.7. The first-order valence-corrected chi connectivity index (χ1v) is 1.50. The maximum atomic E-state index is 4.60. The Kier molecular flexibility index (Phi) is 49.3. The summed E-state index contributed by atoms with van der Waals surface area (Å²) in [4.78, 5) is 0. The zero-order valence-corrected chi connectivity index (χ0v) is 3.99. The highest BCUT2D eigenvalue weighted by atomic mass is 13.2. The summed E-state index contributed by atoms with van der Waals surface area (Å²) in [5.41, 5.74) is 2.25. The lowest BCUT2D eigenvalue weighted by molar-refractivity contribution is 1.94. The molecule has 0 aromatic heterocycles. The van der Waals surface area contributed by atoms with Gasteiger partial charge in [-0.3, -0.25) is 0 Å². The Labute approximate surface area is 39.2 Å². The topological polar surface area (TPSA) is 0 Å². The first kappa shape index (κ1) is 8.91. The van der Waals surface area contributed by atoms with Crippen molar-refractivity contribution >= 4 is 0 Å². The SMILES string of the molecule is C#CC.C=C=C. The van der Waals surface area contributed by atoms with E-state index < -0.39 is 0 Å². The molecular weight excluding hydrogens is 72.1 g/mol. The van der Waals surface area contributed by atoms with E-state index in [0.717, 1.165) is 0 Å². The summed E-state index contributed by atoms with van der Waals surface area (Å²) in [5, 5.41) is 0. The highest BCUT2D eigenvalue weighted by Crippen LogP contribution is 1.21. The van der Waals surface area contributed by atoms with E-state index in [1.807, 2.05) is 0 Å². The predicted octanol–water partition coefficient (Wildman–Crippen LogP) is 1.60. The lowest BCUT2D eigenvalue weighted by Gasteiger charge is -1.23. The molecule has 0 rings (SSSR count). The molecule has 0 saturated carbocycles. The average Bonchev–Trinajstić information content (AvgIpc) is 1.39. The summed E-state index contributed by atoms with van der Waals surface area (Å²) in [6.45, 7) is 7.90. The molecule has 0 heterocycles. The zero-order chi connectivity index (χ0) is 5.41. The van der Waals surface area contributed by atoms with Crippen LogP contribution in [0.25, 0.3) is 0 Å². The van der Waals surface area contributed by atoms with Crippen LogP contribution in [-0.4, -0.2) is 0 Å². The quantitative estimate of drug-likeness (QED) is 0.306. The van der Waals surface area contributed by atoms with Crippen LogP contribution < -0.4 is 0 Å². The van der Waals surface area contributed by atoms with Crippen molar-refractivity contribution in [2.45, 2.75) is 6.92 Å². The van der Waals surface area contributed by atoms with Gasteiger partial charge in [-0.2, -0.15) is 0 Å². The van der Waals surface area contributed by atoms with Crippen LogP contribution in [0.15, 0.2) is 18.9 Å². The Balaban J connectivity index is 0. The van der Waals surface area contributed by atoms with Crippen LogP contribution in [0.4, 0.5) is 0 Å². The van der Waals surface area contributed by atoms with E-state index in [4.69, 9.17) is 0 Å². The highest BCUT2D eigenvalue weighted by Gasteiger charge is 1.09. The molecule has 0 saturated heterocycles. The van der Waals surface area contributed by atoms with Gasteiger partial charge in [0.2, 0.25) is 0 Å². The number of hydrogen-bond acceptors (Lipinski definition) is 0. The molecule has 32 valence electrons. The molecule has 0 aliphatic heterocycles. The Morgan fingerprint density at radius 3 is 1.50 bits per heavy atom. The van der Waals surface area contributed by atoms with Crippen LogP contribution in [0.3, 0.4) is 0 Å². The Hall–Kier alpha value is -0.920. The monoisotopic (exact) mass is 80.1 g/mol. The van der Waals surface area contributed by atoms with Crippen molar-refractivity contribution in [3.63, 3.8) is 0 Å². The molecule has 0 unspecified atom stereocenters. The second kappa shape index (κ2) is 33.2.